The molecule has 1 aromatic rings. The summed E-state index contributed by atoms with van der Waals surface area (Å²) in [5.41, 5.74) is 7.63. The van der Waals surface area contributed by atoms with Gasteiger partial charge in [-0.3, -0.25) is 4.79 Å². The largest absolute Gasteiger partial charge is 0.461 e. The molecule has 0 heterocycles. The first-order chi connectivity index (χ1) is 10.9. The summed E-state index contributed by atoms with van der Waals surface area (Å²) >= 11 is 0. The second kappa shape index (κ2) is 7.91. The Morgan fingerprint density at radius 1 is 1.26 bits per heavy atom. The van der Waals surface area contributed by atoms with E-state index in [0.717, 1.165) is 24.0 Å². The molecule has 128 valence electrons. The summed E-state index contributed by atoms with van der Waals surface area (Å²) < 4.78 is 19.1. The van der Waals surface area contributed by atoms with E-state index in [1.165, 1.54) is 25.3 Å². The lowest BCUT2D eigenvalue weighted by atomic mass is 9.73. The molecule has 2 rings (SSSR count). The van der Waals surface area contributed by atoms with Crippen molar-refractivity contribution in [3.63, 3.8) is 0 Å². The van der Waals surface area contributed by atoms with Gasteiger partial charge in [0.2, 0.25) is 0 Å². The van der Waals surface area contributed by atoms with Gasteiger partial charge in [-0.25, -0.2) is 4.39 Å². The number of benzene rings is 1. The van der Waals surface area contributed by atoms with Gasteiger partial charge in [-0.2, -0.15) is 0 Å². The van der Waals surface area contributed by atoms with Gasteiger partial charge in [-0.1, -0.05) is 25.3 Å². The highest BCUT2D eigenvalue weighted by atomic mass is 19.1. The molecule has 1 aromatic carbocycles. The van der Waals surface area contributed by atoms with Crippen LogP contribution in [0.3, 0.4) is 0 Å². The molecule has 1 saturated carbocycles. The van der Waals surface area contributed by atoms with Crippen LogP contribution in [0.4, 0.5) is 4.39 Å². The summed E-state index contributed by atoms with van der Waals surface area (Å²) in [6.45, 7) is 5.49. The van der Waals surface area contributed by atoms with E-state index < -0.39 is 6.04 Å². The SMILES string of the molecule is Cc1cc(F)ccc1[C@H](C1CCCCC1)[C@@H](C)OC(=O)[C@H](C)N. The van der Waals surface area contributed by atoms with Crippen molar-refractivity contribution in [1.29, 1.82) is 0 Å². The quantitative estimate of drug-likeness (QED) is 0.832. The number of carbonyl (C=O) groups excluding carboxylic acids is 1. The first-order valence-corrected chi connectivity index (χ1v) is 8.62. The van der Waals surface area contributed by atoms with Gasteiger partial charge in [0.25, 0.3) is 0 Å². The number of nitrogens with two attached hydrogens (primary N) is 1. The Labute approximate surface area is 138 Å². The smallest absolute Gasteiger partial charge is 0.322 e. The fourth-order valence-electron chi connectivity index (χ4n) is 3.76. The molecular weight excluding hydrogens is 293 g/mol. The molecule has 1 aliphatic carbocycles. The van der Waals surface area contributed by atoms with Crippen LogP contribution in [-0.4, -0.2) is 18.1 Å². The summed E-state index contributed by atoms with van der Waals surface area (Å²) in [6.07, 6.45) is 5.66. The van der Waals surface area contributed by atoms with Crippen LogP contribution in [0.15, 0.2) is 18.2 Å². The van der Waals surface area contributed by atoms with E-state index >= 15 is 0 Å². The summed E-state index contributed by atoms with van der Waals surface area (Å²) in [5, 5.41) is 0. The van der Waals surface area contributed by atoms with Crippen molar-refractivity contribution < 1.29 is 13.9 Å². The van der Waals surface area contributed by atoms with Crippen LogP contribution in [0, 0.1) is 18.7 Å². The van der Waals surface area contributed by atoms with Crippen LogP contribution in [-0.2, 0) is 9.53 Å². The molecule has 3 atom stereocenters. The van der Waals surface area contributed by atoms with Crippen molar-refractivity contribution in [2.75, 3.05) is 0 Å². The Balaban J connectivity index is 2.28. The van der Waals surface area contributed by atoms with Crippen molar-refractivity contribution in [3.05, 3.63) is 35.1 Å². The minimum absolute atomic E-state index is 0.0959. The number of rotatable bonds is 5. The van der Waals surface area contributed by atoms with Crippen LogP contribution in [0.2, 0.25) is 0 Å². The van der Waals surface area contributed by atoms with Gasteiger partial charge in [-0.05, 0) is 62.8 Å². The number of ether oxygens (including phenoxy) is 1. The third kappa shape index (κ3) is 4.54. The molecule has 1 aliphatic rings. The Bertz CT molecular complexity index is 538. The fraction of sp³-hybridized carbons (Fsp3) is 0.632. The summed E-state index contributed by atoms with van der Waals surface area (Å²) in [7, 11) is 0. The number of hydrogen-bond acceptors (Lipinski definition) is 3. The van der Waals surface area contributed by atoms with Crippen molar-refractivity contribution in [2.45, 2.75) is 70.9 Å². The van der Waals surface area contributed by atoms with Gasteiger partial charge in [0, 0.05) is 5.92 Å². The molecule has 0 bridgehead atoms. The summed E-state index contributed by atoms with van der Waals surface area (Å²) in [4.78, 5) is 11.9. The van der Waals surface area contributed by atoms with Crippen molar-refractivity contribution in [1.82, 2.24) is 0 Å². The Hall–Kier alpha value is -1.42. The molecular formula is C19H28FNO2. The monoisotopic (exact) mass is 321 g/mol. The molecule has 0 amide bonds. The number of hydrogen-bond donors (Lipinski definition) is 1. The van der Waals surface area contributed by atoms with E-state index in [1.54, 1.807) is 13.0 Å². The number of esters is 1. The van der Waals surface area contributed by atoms with E-state index in [0.29, 0.717) is 5.92 Å². The maximum Gasteiger partial charge on any atom is 0.322 e. The van der Waals surface area contributed by atoms with E-state index in [-0.39, 0.29) is 23.8 Å². The summed E-state index contributed by atoms with van der Waals surface area (Å²) in [5.74, 6) is -0.0469. The molecule has 1 fully saturated rings. The zero-order valence-corrected chi connectivity index (χ0v) is 14.3. The maximum absolute atomic E-state index is 13.5. The number of aryl methyl sites for hydroxylation is 1. The highest BCUT2D eigenvalue weighted by Crippen LogP contribution is 2.40. The maximum atomic E-state index is 13.5. The molecule has 0 aliphatic heterocycles. The predicted molar refractivity (Wildman–Crippen MR) is 89.7 cm³/mol. The van der Waals surface area contributed by atoms with Crippen LogP contribution in [0.25, 0.3) is 0 Å². The minimum Gasteiger partial charge on any atom is -0.461 e. The number of carbonyl (C=O) groups is 1. The topological polar surface area (TPSA) is 52.3 Å². The first kappa shape index (κ1) is 17.9. The highest BCUT2D eigenvalue weighted by Gasteiger charge is 2.33. The molecule has 0 saturated heterocycles. The van der Waals surface area contributed by atoms with E-state index in [2.05, 4.69) is 0 Å². The molecule has 3 nitrogen and oxygen atoms in total. The molecule has 23 heavy (non-hydrogen) atoms. The van der Waals surface area contributed by atoms with E-state index in [4.69, 9.17) is 10.5 Å². The van der Waals surface area contributed by atoms with Crippen LogP contribution in [0.1, 0.15) is 63.0 Å². The second-order valence-corrected chi connectivity index (χ2v) is 6.86. The molecule has 0 radical (unpaired) electrons. The zero-order valence-electron chi connectivity index (χ0n) is 14.3. The fourth-order valence-corrected chi connectivity index (χ4v) is 3.76. The van der Waals surface area contributed by atoms with Gasteiger partial charge in [0.1, 0.15) is 18.0 Å². The molecule has 0 unspecified atom stereocenters. The minimum atomic E-state index is -0.626. The Kier molecular flexibility index (Phi) is 6.17. The lowest BCUT2D eigenvalue weighted by Gasteiger charge is -2.35. The average molecular weight is 321 g/mol. The molecule has 4 heteroatoms. The number of halogens is 1. The third-order valence-electron chi connectivity index (χ3n) is 4.93. The second-order valence-electron chi connectivity index (χ2n) is 6.86. The van der Waals surface area contributed by atoms with Gasteiger partial charge in [0.15, 0.2) is 0 Å². The standard InChI is InChI=1S/C19H28FNO2/c1-12-11-16(20)9-10-17(12)18(15-7-5-4-6-8-15)14(3)23-19(22)13(2)21/h9-11,13-15,18H,4-8,21H2,1-3H3/t13-,14+,18-/m0/s1. The summed E-state index contributed by atoms with van der Waals surface area (Å²) in [6, 6.07) is 4.28. The average Bonchev–Trinajstić information content (AvgIpc) is 2.50. The normalized spacial score (nSPS) is 19.9. The molecule has 0 aromatic heterocycles. The Morgan fingerprint density at radius 2 is 1.91 bits per heavy atom. The van der Waals surface area contributed by atoms with Crippen LogP contribution in [0.5, 0.6) is 0 Å². The van der Waals surface area contributed by atoms with Crippen molar-refractivity contribution in [3.8, 4) is 0 Å². The Morgan fingerprint density at radius 3 is 2.48 bits per heavy atom. The van der Waals surface area contributed by atoms with Gasteiger partial charge >= 0.3 is 5.97 Å². The van der Waals surface area contributed by atoms with Crippen molar-refractivity contribution in [2.24, 2.45) is 11.7 Å². The molecule has 2 N–H and O–H groups in total. The third-order valence-corrected chi connectivity index (χ3v) is 4.93. The lowest BCUT2D eigenvalue weighted by Crippen LogP contribution is -2.36. The molecule has 0 spiro atoms. The first-order valence-electron chi connectivity index (χ1n) is 8.62. The van der Waals surface area contributed by atoms with Gasteiger partial charge in [-0.15, -0.1) is 0 Å². The van der Waals surface area contributed by atoms with Gasteiger partial charge in [0.05, 0.1) is 0 Å². The van der Waals surface area contributed by atoms with E-state index in [1.807, 2.05) is 19.9 Å². The van der Waals surface area contributed by atoms with Crippen molar-refractivity contribution >= 4 is 5.97 Å². The van der Waals surface area contributed by atoms with Crippen LogP contribution < -0.4 is 5.73 Å². The van der Waals surface area contributed by atoms with Crippen LogP contribution >= 0.6 is 0 Å². The van der Waals surface area contributed by atoms with E-state index in [9.17, 15) is 9.18 Å². The van der Waals surface area contributed by atoms with Gasteiger partial charge < -0.3 is 10.5 Å². The lowest BCUT2D eigenvalue weighted by molar-refractivity contribution is -0.151. The zero-order chi connectivity index (χ0) is 17.0. The highest BCUT2D eigenvalue weighted by molar-refractivity contribution is 5.75. The predicted octanol–water partition coefficient (Wildman–Crippen LogP) is 4.08.